The summed E-state index contributed by atoms with van der Waals surface area (Å²) >= 11 is 0. The van der Waals surface area contributed by atoms with Gasteiger partial charge >= 0.3 is 0 Å². The molecule has 18 heavy (non-hydrogen) atoms. The molecule has 0 atom stereocenters. The molecule has 0 aromatic heterocycles. The number of ketones is 1. The van der Waals surface area contributed by atoms with Crippen LogP contribution < -0.4 is 0 Å². The topological polar surface area (TPSA) is 37.4 Å². The van der Waals surface area contributed by atoms with Crippen LogP contribution in [0.2, 0.25) is 0 Å². The van der Waals surface area contributed by atoms with E-state index >= 15 is 0 Å². The number of amides is 1. The Morgan fingerprint density at radius 2 is 1.56 bits per heavy atom. The van der Waals surface area contributed by atoms with Crippen LogP contribution in [-0.2, 0) is 9.59 Å². The lowest BCUT2D eigenvalue weighted by molar-refractivity contribution is -0.133. The van der Waals surface area contributed by atoms with Crippen LogP contribution >= 0.6 is 0 Å². The van der Waals surface area contributed by atoms with Gasteiger partial charge in [-0.2, -0.15) is 0 Å². The van der Waals surface area contributed by atoms with Crippen LogP contribution in [-0.4, -0.2) is 28.7 Å². The number of Topliss-reactive ketones (excluding diaryl/α,β-unsaturated/α-hetero) is 1. The summed E-state index contributed by atoms with van der Waals surface area (Å²) in [5.74, 6) is 1.05. The Labute approximate surface area is 111 Å². The van der Waals surface area contributed by atoms with Gasteiger partial charge in [0.25, 0.3) is 0 Å². The summed E-state index contributed by atoms with van der Waals surface area (Å²) in [6.45, 7) is 9.76. The van der Waals surface area contributed by atoms with Crippen molar-refractivity contribution in [2.24, 2.45) is 0 Å². The van der Waals surface area contributed by atoms with Crippen molar-refractivity contribution in [1.82, 2.24) is 4.90 Å². The largest absolute Gasteiger partial charge is 0.337 e. The summed E-state index contributed by atoms with van der Waals surface area (Å²) in [6, 6.07) is 0.244. The van der Waals surface area contributed by atoms with Crippen molar-refractivity contribution in [3.8, 4) is 0 Å². The smallest absolute Gasteiger partial charge is 0.231 e. The highest BCUT2D eigenvalue weighted by Crippen LogP contribution is 2.36. The van der Waals surface area contributed by atoms with E-state index in [2.05, 4.69) is 0 Å². The molecule has 1 aliphatic carbocycles. The third kappa shape index (κ3) is 3.12. The van der Waals surface area contributed by atoms with E-state index in [4.69, 9.17) is 0 Å². The van der Waals surface area contributed by atoms with Crippen molar-refractivity contribution < 1.29 is 9.59 Å². The van der Waals surface area contributed by atoms with E-state index in [0.717, 1.165) is 0 Å². The molecule has 0 heterocycles. The molecule has 1 rings (SSSR count). The van der Waals surface area contributed by atoms with Gasteiger partial charge in [-0.25, -0.2) is 0 Å². The molecule has 0 N–H and O–H groups in total. The average Bonchev–Trinajstić information content (AvgIpc) is 2.75. The molecule has 0 aliphatic heterocycles. The first-order valence-electron chi connectivity index (χ1n) is 6.51. The van der Waals surface area contributed by atoms with E-state index in [1.807, 2.05) is 39.5 Å². The van der Waals surface area contributed by atoms with Gasteiger partial charge in [0.2, 0.25) is 5.91 Å². The summed E-state index contributed by atoms with van der Waals surface area (Å²) in [4.78, 5) is 26.1. The fourth-order valence-electron chi connectivity index (χ4n) is 2.24. The number of carbonyl (C=O) groups excluding carboxylic acids is 2. The fraction of sp³-hybridized carbons (Fsp3) is 0.533. The average molecular weight is 248 g/mol. The van der Waals surface area contributed by atoms with Crippen LogP contribution in [0.15, 0.2) is 0 Å². The summed E-state index contributed by atoms with van der Waals surface area (Å²) in [5, 5.41) is 0. The molecule has 1 saturated carbocycles. The van der Waals surface area contributed by atoms with Gasteiger partial charge in [0.15, 0.2) is 0 Å². The molecule has 1 fully saturated rings. The minimum Gasteiger partial charge on any atom is -0.337 e. The van der Waals surface area contributed by atoms with Crippen LogP contribution in [0.5, 0.6) is 0 Å². The molecular weight excluding hydrogens is 226 g/mol. The van der Waals surface area contributed by atoms with Crippen molar-refractivity contribution >= 4 is 11.7 Å². The Hall–Kier alpha value is -0.860. The molecule has 0 bridgehead atoms. The molecule has 0 unspecified atom stereocenters. The van der Waals surface area contributed by atoms with Gasteiger partial charge in [-0.05, 0) is 47.0 Å². The first-order chi connectivity index (χ1) is 8.40. The Morgan fingerprint density at radius 3 is 2.00 bits per heavy atom. The maximum absolute atomic E-state index is 12.5. The quantitative estimate of drug-likeness (QED) is 0.749. The van der Waals surface area contributed by atoms with Crippen molar-refractivity contribution in [1.29, 1.82) is 0 Å². The summed E-state index contributed by atoms with van der Waals surface area (Å²) in [6.07, 6.45) is 5.67. The van der Waals surface area contributed by atoms with E-state index in [1.165, 1.54) is 0 Å². The predicted octanol–water partition coefficient (Wildman–Crippen LogP) is 2.39. The van der Waals surface area contributed by atoms with E-state index in [9.17, 15) is 9.59 Å². The lowest BCUT2D eigenvalue weighted by Gasteiger charge is -2.33. The Bertz CT molecular complexity index is 302. The number of hydrogen-bond donors (Lipinski definition) is 0. The number of rotatable bonds is 5. The predicted molar refractivity (Wildman–Crippen MR) is 71.8 cm³/mol. The second-order valence-corrected chi connectivity index (χ2v) is 5.03. The Kier molecular flexibility index (Phi) is 5.36. The molecule has 1 aliphatic rings. The van der Waals surface area contributed by atoms with Gasteiger partial charge in [0.1, 0.15) is 5.78 Å². The zero-order chi connectivity index (χ0) is 13.9. The van der Waals surface area contributed by atoms with Crippen molar-refractivity contribution in [3.63, 3.8) is 0 Å². The molecule has 99 valence electrons. The zero-order valence-corrected chi connectivity index (χ0v) is 11.9. The number of carbonyl (C=O) groups is 2. The lowest BCUT2D eigenvalue weighted by atomic mass is 9.89. The normalized spacial score (nSPS) is 17.7. The van der Waals surface area contributed by atoms with Crippen LogP contribution in [0.3, 0.4) is 0 Å². The molecule has 5 radical (unpaired) electrons. The van der Waals surface area contributed by atoms with Crippen LogP contribution in [0.4, 0.5) is 0 Å². The SMILES string of the molecule is CCC(=O)[C]1[CH][CH][CH][C]1C(=O)N(C(C)C)C(C)C. The number of nitrogens with zero attached hydrogens (tertiary/aromatic N) is 1. The highest BCUT2D eigenvalue weighted by atomic mass is 16.2. The van der Waals surface area contributed by atoms with Crippen molar-refractivity contribution in [3.05, 3.63) is 31.1 Å². The third-order valence-electron chi connectivity index (χ3n) is 3.02. The van der Waals surface area contributed by atoms with E-state index in [-0.39, 0.29) is 23.8 Å². The van der Waals surface area contributed by atoms with E-state index < -0.39 is 0 Å². The van der Waals surface area contributed by atoms with E-state index in [1.54, 1.807) is 19.3 Å². The first-order valence-corrected chi connectivity index (χ1v) is 6.51. The summed E-state index contributed by atoms with van der Waals surface area (Å²) < 4.78 is 0. The van der Waals surface area contributed by atoms with E-state index in [0.29, 0.717) is 18.3 Å². The molecule has 1 amide bonds. The standard InChI is InChI=1S/C15H22NO2/c1-6-14(17)12-8-7-9-13(12)15(18)16(10(2)3)11(4)5/h7-11H,6H2,1-5H3. The monoisotopic (exact) mass is 248 g/mol. The van der Waals surface area contributed by atoms with Gasteiger partial charge in [0.05, 0.1) is 11.8 Å². The minimum atomic E-state index is -0.0539. The van der Waals surface area contributed by atoms with Crippen LogP contribution in [0.25, 0.3) is 0 Å². The highest BCUT2D eigenvalue weighted by molar-refractivity contribution is 6.10. The molecular formula is C15H22NO2. The molecule has 0 spiro atoms. The Morgan fingerprint density at radius 1 is 1.06 bits per heavy atom. The van der Waals surface area contributed by atoms with Gasteiger partial charge in [-0.3, -0.25) is 9.59 Å². The summed E-state index contributed by atoms with van der Waals surface area (Å²) in [5.41, 5.74) is 0. The molecule has 3 nitrogen and oxygen atoms in total. The van der Waals surface area contributed by atoms with Gasteiger partial charge < -0.3 is 4.90 Å². The minimum absolute atomic E-state index is 0.0239. The first kappa shape index (κ1) is 15.2. The highest BCUT2D eigenvalue weighted by Gasteiger charge is 2.41. The third-order valence-corrected chi connectivity index (χ3v) is 3.02. The van der Waals surface area contributed by atoms with Crippen LogP contribution in [0, 0.1) is 31.1 Å². The van der Waals surface area contributed by atoms with Crippen molar-refractivity contribution in [2.45, 2.75) is 53.1 Å². The summed E-state index contributed by atoms with van der Waals surface area (Å²) in [7, 11) is 0. The maximum Gasteiger partial charge on any atom is 0.231 e. The molecule has 0 aromatic rings. The van der Waals surface area contributed by atoms with Crippen molar-refractivity contribution in [2.75, 3.05) is 0 Å². The number of hydrogen-bond acceptors (Lipinski definition) is 2. The van der Waals surface area contributed by atoms with Gasteiger partial charge in [-0.1, -0.05) is 6.92 Å². The Balaban J connectivity index is 2.84. The second-order valence-electron chi connectivity index (χ2n) is 5.03. The fourth-order valence-corrected chi connectivity index (χ4v) is 2.24. The van der Waals surface area contributed by atoms with Gasteiger partial charge in [-0.15, -0.1) is 0 Å². The molecule has 0 aromatic carbocycles. The molecule has 0 saturated heterocycles. The zero-order valence-electron chi connectivity index (χ0n) is 11.9. The van der Waals surface area contributed by atoms with Gasteiger partial charge in [0, 0.05) is 18.5 Å². The second kappa shape index (κ2) is 6.35. The lowest BCUT2D eigenvalue weighted by Crippen LogP contribution is -2.45. The molecule has 3 heteroatoms. The van der Waals surface area contributed by atoms with Crippen LogP contribution in [0.1, 0.15) is 41.0 Å². The maximum atomic E-state index is 12.5.